The predicted octanol–water partition coefficient (Wildman–Crippen LogP) is 3.59. The Balaban J connectivity index is 1.47. The van der Waals surface area contributed by atoms with Crippen molar-refractivity contribution in [3.63, 3.8) is 0 Å². The number of rotatable bonds is 5. The second-order valence-electron chi connectivity index (χ2n) is 6.12. The van der Waals surface area contributed by atoms with Crippen LogP contribution in [0.3, 0.4) is 0 Å². The molecule has 3 heterocycles. The van der Waals surface area contributed by atoms with Gasteiger partial charge in [0.15, 0.2) is 4.96 Å². The van der Waals surface area contributed by atoms with Crippen molar-refractivity contribution in [3.05, 3.63) is 85.5 Å². The first kappa shape index (κ1) is 18.6. The molecule has 146 valence electrons. The first-order chi connectivity index (χ1) is 13.9. The molecule has 0 unspecified atom stereocenters. The fourth-order valence-corrected chi connectivity index (χ4v) is 3.63. The maximum atomic E-state index is 12.2. The van der Waals surface area contributed by atoms with E-state index in [0.29, 0.717) is 22.0 Å². The summed E-state index contributed by atoms with van der Waals surface area (Å²) < 4.78 is 12.2. The SMILES string of the molecule is Cc1csc2nc(COC(=O)c3ccc(-c4ccc([N+](=O)[O-])cc4)o3)cc(=O)n12. The van der Waals surface area contributed by atoms with Crippen LogP contribution in [0.1, 0.15) is 21.9 Å². The van der Waals surface area contributed by atoms with E-state index in [0.717, 1.165) is 5.69 Å². The molecule has 0 aliphatic heterocycles. The van der Waals surface area contributed by atoms with Gasteiger partial charge in [0, 0.05) is 34.8 Å². The minimum absolute atomic E-state index is 0.0249. The number of furan rings is 1. The van der Waals surface area contributed by atoms with E-state index in [9.17, 15) is 19.7 Å². The van der Waals surface area contributed by atoms with E-state index in [4.69, 9.17) is 9.15 Å². The van der Waals surface area contributed by atoms with Crippen molar-refractivity contribution in [2.24, 2.45) is 0 Å². The molecular formula is C19H13N3O6S. The molecule has 0 amide bonds. The molecule has 0 radical (unpaired) electrons. The van der Waals surface area contributed by atoms with Crippen LogP contribution in [0, 0.1) is 17.0 Å². The standard InChI is InChI=1S/C19H13N3O6S/c1-11-10-29-19-20-13(8-17(23)21(11)19)9-27-18(24)16-7-6-15(28-16)12-2-4-14(5-3-12)22(25)26/h2-8,10H,9H2,1H3. The first-order valence-electron chi connectivity index (χ1n) is 8.41. The quantitative estimate of drug-likeness (QED) is 0.280. The van der Waals surface area contributed by atoms with Gasteiger partial charge in [-0.3, -0.25) is 19.3 Å². The highest BCUT2D eigenvalue weighted by Gasteiger charge is 2.16. The Morgan fingerprint density at radius 2 is 2.03 bits per heavy atom. The van der Waals surface area contributed by atoms with Crippen LogP contribution in [0.5, 0.6) is 0 Å². The molecule has 4 rings (SSSR count). The van der Waals surface area contributed by atoms with Crippen LogP contribution in [0.25, 0.3) is 16.3 Å². The number of hydrogen-bond acceptors (Lipinski definition) is 8. The number of non-ortho nitro benzene ring substituents is 1. The van der Waals surface area contributed by atoms with Crippen LogP contribution in [-0.4, -0.2) is 20.3 Å². The number of aromatic nitrogens is 2. The van der Waals surface area contributed by atoms with E-state index in [1.54, 1.807) is 6.07 Å². The molecule has 0 aliphatic rings. The van der Waals surface area contributed by atoms with Crippen LogP contribution in [0.2, 0.25) is 0 Å². The molecule has 0 bridgehead atoms. The number of esters is 1. The molecule has 0 spiro atoms. The lowest BCUT2D eigenvalue weighted by Gasteiger charge is -2.03. The smallest absolute Gasteiger partial charge is 0.374 e. The van der Waals surface area contributed by atoms with Gasteiger partial charge in [0.1, 0.15) is 12.4 Å². The summed E-state index contributed by atoms with van der Waals surface area (Å²) in [5, 5.41) is 12.5. The molecule has 0 aliphatic carbocycles. The van der Waals surface area contributed by atoms with E-state index >= 15 is 0 Å². The number of carbonyl (C=O) groups excluding carboxylic acids is 1. The fraction of sp³-hybridized carbons (Fsp3) is 0.105. The highest BCUT2D eigenvalue weighted by molar-refractivity contribution is 7.15. The summed E-state index contributed by atoms with van der Waals surface area (Å²) in [5.74, 6) is -0.357. The van der Waals surface area contributed by atoms with Crippen molar-refractivity contribution in [3.8, 4) is 11.3 Å². The third kappa shape index (κ3) is 3.65. The Labute approximate surface area is 167 Å². The Morgan fingerprint density at radius 1 is 1.28 bits per heavy atom. The normalized spacial score (nSPS) is 10.9. The average molecular weight is 411 g/mol. The molecule has 1 aromatic carbocycles. The topological polar surface area (TPSA) is 117 Å². The van der Waals surface area contributed by atoms with Gasteiger partial charge in [-0.25, -0.2) is 9.78 Å². The highest BCUT2D eigenvalue weighted by atomic mass is 32.1. The molecular weight excluding hydrogens is 398 g/mol. The van der Waals surface area contributed by atoms with E-state index in [1.807, 2.05) is 12.3 Å². The molecule has 0 atom stereocenters. The fourth-order valence-electron chi connectivity index (χ4n) is 2.74. The number of aryl methyl sites for hydroxylation is 1. The molecule has 3 aromatic heterocycles. The van der Waals surface area contributed by atoms with E-state index in [2.05, 4.69) is 4.98 Å². The number of nitro groups is 1. The predicted molar refractivity (Wildman–Crippen MR) is 104 cm³/mol. The monoisotopic (exact) mass is 411 g/mol. The maximum Gasteiger partial charge on any atom is 0.374 e. The van der Waals surface area contributed by atoms with Crippen molar-refractivity contribution in [2.75, 3.05) is 0 Å². The van der Waals surface area contributed by atoms with Crippen LogP contribution >= 0.6 is 11.3 Å². The second-order valence-corrected chi connectivity index (χ2v) is 6.96. The van der Waals surface area contributed by atoms with Gasteiger partial charge < -0.3 is 9.15 Å². The summed E-state index contributed by atoms with van der Waals surface area (Å²) in [6.45, 7) is 1.64. The van der Waals surface area contributed by atoms with Gasteiger partial charge in [0.2, 0.25) is 5.76 Å². The number of benzene rings is 1. The van der Waals surface area contributed by atoms with Gasteiger partial charge in [-0.05, 0) is 31.2 Å². The van der Waals surface area contributed by atoms with E-state index in [1.165, 1.54) is 52.1 Å². The molecule has 10 heteroatoms. The second kappa shape index (κ2) is 7.32. The zero-order chi connectivity index (χ0) is 20.5. The molecule has 0 saturated carbocycles. The van der Waals surface area contributed by atoms with Gasteiger partial charge in [-0.1, -0.05) is 0 Å². The minimum atomic E-state index is -0.706. The summed E-state index contributed by atoms with van der Waals surface area (Å²) in [6, 6.07) is 10.1. The van der Waals surface area contributed by atoms with E-state index in [-0.39, 0.29) is 23.6 Å². The minimum Gasteiger partial charge on any atom is -0.453 e. The van der Waals surface area contributed by atoms with Crippen molar-refractivity contribution in [1.29, 1.82) is 0 Å². The maximum absolute atomic E-state index is 12.2. The number of ether oxygens (including phenoxy) is 1. The van der Waals surface area contributed by atoms with Crippen molar-refractivity contribution in [1.82, 2.24) is 9.38 Å². The lowest BCUT2D eigenvalue weighted by Crippen LogP contribution is -2.16. The number of hydrogen-bond donors (Lipinski definition) is 0. The van der Waals surface area contributed by atoms with Gasteiger partial charge in [0.05, 0.1) is 10.6 Å². The summed E-state index contributed by atoms with van der Waals surface area (Å²) in [7, 11) is 0. The highest BCUT2D eigenvalue weighted by Crippen LogP contribution is 2.25. The third-order valence-corrected chi connectivity index (χ3v) is 5.09. The lowest BCUT2D eigenvalue weighted by atomic mass is 10.1. The van der Waals surface area contributed by atoms with Crippen LogP contribution in [-0.2, 0) is 11.3 Å². The van der Waals surface area contributed by atoms with Crippen molar-refractivity contribution in [2.45, 2.75) is 13.5 Å². The van der Waals surface area contributed by atoms with Crippen LogP contribution in [0.4, 0.5) is 5.69 Å². The summed E-state index contributed by atoms with van der Waals surface area (Å²) >= 11 is 1.33. The zero-order valence-corrected chi connectivity index (χ0v) is 15.8. The Morgan fingerprint density at radius 3 is 2.76 bits per heavy atom. The van der Waals surface area contributed by atoms with Crippen LogP contribution < -0.4 is 5.56 Å². The van der Waals surface area contributed by atoms with Crippen LogP contribution in [0.15, 0.2) is 57.1 Å². The summed E-state index contributed by atoms with van der Waals surface area (Å²) in [6.07, 6.45) is 0. The van der Waals surface area contributed by atoms with Crippen molar-refractivity contribution >= 4 is 28.0 Å². The zero-order valence-electron chi connectivity index (χ0n) is 15.0. The first-order valence-corrected chi connectivity index (χ1v) is 9.29. The molecule has 29 heavy (non-hydrogen) atoms. The van der Waals surface area contributed by atoms with Gasteiger partial charge >= 0.3 is 5.97 Å². The Hall–Kier alpha value is -3.79. The Kier molecular flexibility index (Phi) is 4.69. The lowest BCUT2D eigenvalue weighted by molar-refractivity contribution is -0.384. The number of carbonyl (C=O) groups is 1. The van der Waals surface area contributed by atoms with Gasteiger partial charge in [-0.2, -0.15) is 0 Å². The molecule has 4 aromatic rings. The largest absolute Gasteiger partial charge is 0.453 e. The van der Waals surface area contributed by atoms with Gasteiger partial charge in [-0.15, -0.1) is 11.3 Å². The summed E-state index contributed by atoms with van der Waals surface area (Å²) in [4.78, 5) is 39.5. The molecule has 0 fully saturated rings. The Bertz CT molecular complexity index is 1290. The summed E-state index contributed by atoms with van der Waals surface area (Å²) in [5.41, 5.74) is 1.44. The number of nitrogens with zero attached hydrogens (tertiary/aromatic N) is 3. The van der Waals surface area contributed by atoms with E-state index < -0.39 is 10.9 Å². The third-order valence-electron chi connectivity index (χ3n) is 4.15. The number of thiazole rings is 1. The molecule has 9 nitrogen and oxygen atoms in total. The van der Waals surface area contributed by atoms with Gasteiger partial charge in [0.25, 0.3) is 11.2 Å². The average Bonchev–Trinajstić information content (AvgIpc) is 3.34. The number of fused-ring (bicyclic) bond motifs is 1. The van der Waals surface area contributed by atoms with Crippen molar-refractivity contribution < 1.29 is 18.9 Å². The molecule has 0 N–H and O–H groups in total. The molecule has 0 saturated heterocycles. The number of nitro benzene ring substituents is 1.